The minimum Gasteiger partial charge on any atom is -0.497 e. The van der Waals surface area contributed by atoms with E-state index in [0.29, 0.717) is 10.3 Å². The van der Waals surface area contributed by atoms with E-state index in [-0.39, 0.29) is 5.56 Å². The predicted octanol–water partition coefficient (Wildman–Crippen LogP) is -1.68. The minimum absolute atomic E-state index is 0.0777. The van der Waals surface area contributed by atoms with Crippen molar-refractivity contribution < 1.29 is 29.6 Å². The monoisotopic (exact) mass is 378 g/mol. The summed E-state index contributed by atoms with van der Waals surface area (Å²) in [4.78, 5) is 37.5. The highest BCUT2D eigenvalue weighted by Gasteiger charge is 2.44. The van der Waals surface area contributed by atoms with Crippen molar-refractivity contribution >= 4 is 5.91 Å². The van der Waals surface area contributed by atoms with E-state index >= 15 is 0 Å². The molecule has 2 aromatic rings. The van der Waals surface area contributed by atoms with Crippen molar-refractivity contribution in [3.8, 4) is 5.75 Å². The first-order chi connectivity index (χ1) is 12.9. The van der Waals surface area contributed by atoms with Crippen molar-refractivity contribution in [1.29, 1.82) is 0 Å². The minimum atomic E-state index is -1.53. The Morgan fingerprint density at radius 2 is 1.81 bits per heavy atom. The number of carbonyl (C=O) groups is 1. The van der Waals surface area contributed by atoms with E-state index < -0.39 is 48.3 Å². The Morgan fingerprint density at radius 1 is 1.15 bits per heavy atom. The normalized spacial score (nSPS) is 24.7. The summed E-state index contributed by atoms with van der Waals surface area (Å²) in [5.74, 6) is -0.371. The topological polar surface area (TPSA) is 140 Å². The second kappa shape index (κ2) is 7.45. The summed E-state index contributed by atoms with van der Waals surface area (Å²) in [6.45, 7) is -0.576. The number of rotatable bonds is 4. The molecule has 0 saturated carbocycles. The van der Waals surface area contributed by atoms with Crippen LogP contribution in [-0.2, 0) is 4.74 Å². The van der Waals surface area contributed by atoms with Crippen LogP contribution in [0.15, 0.2) is 46.1 Å². The molecule has 0 amide bonds. The van der Waals surface area contributed by atoms with Crippen LogP contribution in [0.5, 0.6) is 5.75 Å². The van der Waals surface area contributed by atoms with Gasteiger partial charge in [0.15, 0.2) is 6.23 Å². The maximum Gasteiger partial charge on any atom is 0.340 e. The van der Waals surface area contributed by atoms with Crippen molar-refractivity contribution in [1.82, 2.24) is 9.13 Å². The second-order valence-corrected chi connectivity index (χ2v) is 5.94. The Bertz CT molecular complexity index is 949. The van der Waals surface area contributed by atoms with Gasteiger partial charge in [-0.2, -0.15) is 4.57 Å². The van der Waals surface area contributed by atoms with E-state index in [1.165, 1.54) is 31.4 Å². The van der Waals surface area contributed by atoms with Crippen LogP contribution in [0.1, 0.15) is 16.6 Å². The van der Waals surface area contributed by atoms with Gasteiger partial charge in [0.1, 0.15) is 24.1 Å². The van der Waals surface area contributed by atoms with Crippen LogP contribution in [-0.4, -0.2) is 62.4 Å². The Morgan fingerprint density at radius 3 is 2.37 bits per heavy atom. The lowest BCUT2D eigenvalue weighted by Crippen LogP contribution is -2.46. The van der Waals surface area contributed by atoms with Crippen molar-refractivity contribution in [2.45, 2.75) is 24.5 Å². The van der Waals surface area contributed by atoms with Gasteiger partial charge in [-0.25, -0.2) is 4.79 Å². The standard InChI is InChI=1S/C17H18N2O8/c1-26-10-4-2-9(3-5-10)15(24)19-12(21)6-7-18(17(19)25)16-14(23)13(22)11(8-20)27-16/h2-7,11,13-14,16,20,22-23H,8H2,1H3/t11-,13?,14?,16-/m0/s1. The van der Waals surface area contributed by atoms with E-state index in [1.54, 1.807) is 0 Å². The molecule has 2 heterocycles. The Kier molecular flexibility index (Phi) is 5.24. The quantitative estimate of drug-likeness (QED) is 0.573. The summed E-state index contributed by atoms with van der Waals surface area (Å²) in [6, 6.07) is 6.78. The summed E-state index contributed by atoms with van der Waals surface area (Å²) in [6.07, 6.45) is -4.36. The summed E-state index contributed by atoms with van der Waals surface area (Å²) in [5.41, 5.74) is -1.82. The van der Waals surface area contributed by atoms with E-state index in [2.05, 4.69) is 0 Å². The van der Waals surface area contributed by atoms with Crippen LogP contribution < -0.4 is 16.0 Å². The average molecular weight is 378 g/mol. The number of nitrogens with zero attached hydrogens (tertiary/aromatic N) is 2. The molecular formula is C17H18N2O8. The van der Waals surface area contributed by atoms with Crippen molar-refractivity contribution in [2.75, 3.05) is 13.7 Å². The largest absolute Gasteiger partial charge is 0.497 e. The number of aliphatic hydroxyl groups excluding tert-OH is 3. The van der Waals surface area contributed by atoms with Gasteiger partial charge in [-0.1, -0.05) is 0 Å². The maximum absolute atomic E-state index is 12.7. The predicted molar refractivity (Wildman–Crippen MR) is 90.7 cm³/mol. The van der Waals surface area contributed by atoms with Gasteiger partial charge in [0, 0.05) is 17.8 Å². The fourth-order valence-electron chi connectivity index (χ4n) is 2.85. The van der Waals surface area contributed by atoms with Crippen LogP contribution >= 0.6 is 0 Å². The van der Waals surface area contributed by atoms with Crippen LogP contribution in [0.4, 0.5) is 0 Å². The number of methoxy groups -OCH3 is 1. The molecule has 0 spiro atoms. The lowest BCUT2D eigenvalue weighted by atomic mass is 10.1. The van der Waals surface area contributed by atoms with Gasteiger partial charge in [0.2, 0.25) is 0 Å². The lowest BCUT2D eigenvalue weighted by Gasteiger charge is -2.18. The lowest BCUT2D eigenvalue weighted by molar-refractivity contribution is -0.0554. The molecule has 4 atom stereocenters. The molecule has 0 aliphatic carbocycles. The van der Waals surface area contributed by atoms with Gasteiger partial charge >= 0.3 is 5.69 Å². The first kappa shape index (κ1) is 19.0. The molecule has 0 bridgehead atoms. The molecule has 1 fully saturated rings. The van der Waals surface area contributed by atoms with Crippen molar-refractivity contribution in [2.24, 2.45) is 0 Å². The third-order valence-electron chi connectivity index (χ3n) is 4.34. The van der Waals surface area contributed by atoms with Gasteiger partial charge < -0.3 is 24.8 Å². The van der Waals surface area contributed by atoms with Crippen LogP contribution in [0.3, 0.4) is 0 Å². The molecular weight excluding hydrogens is 360 g/mol. The number of hydrogen-bond acceptors (Lipinski definition) is 8. The molecule has 10 heteroatoms. The van der Waals surface area contributed by atoms with Gasteiger partial charge in [0.05, 0.1) is 13.7 Å². The molecule has 1 aromatic carbocycles. The highest BCUT2D eigenvalue weighted by Crippen LogP contribution is 2.27. The number of aromatic nitrogens is 2. The van der Waals surface area contributed by atoms with Crippen LogP contribution in [0.2, 0.25) is 0 Å². The smallest absolute Gasteiger partial charge is 0.340 e. The molecule has 10 nitrogen and oxygen atoms in total. The van der Waals surface area contributed by atoms with Gasteiger partial charge in [-0.05, 0) is 24.3 Å². The molecule has 27 heavy (non-hydrogen) atoms. The molecule has 2 unspecified atom stereocenters. The number of ether oxygens (including phenoxy) is 2. The molecule has 144 valence electrons. The fourth-order valence-corrected chi connectivity index (χ4v) is 2.85. The van der Waals surface area contributed by atoms with Crippen LogP contribution in [0.25, 0.3) is 0 Å². The highest BCUT2D eigenvalue weighted by molar-refractivity contribution is 5.95. The zero-order valence-corrected chi connectivity index (χ0v) is 14.3. The SMILES string of the molecule is COc1ccc(C(=O)n2c(=O)ccn([C@H]3O[C@@H](CO)C(O)C3O)c2=O)cc1. The van der Waals surface area contributed by atoms with Gasteiger partial charge in [-0.3, -0.25) is 14.2 Å². The van der Waals surface area contributed by atoms with E-state index in [0.717, 1.165) is 16.8 Å². The zero-order valence-electron chi connectivity index (χ0n) is 14.3. The first-order valence-electron chi connectivity index (χ1n) is 8.04. The van der Waals surface area contributed by atoms with Gasteiger partial charge in [0.25, 0.3) is 11.5 Å². The van der Waals surface area contributed by atoms with E-state index in [4.69, 9.17) is 14.6 Å². The molecule has 3 N–H and O–H groups in total. The van der Waals surface area contributed by atoms with Crippen LogP contribution in [0, 0.1) is 0 Å². The Labute approximate surface area is 152 Å². The molecule has 0 radical (unpaired) electrons. The maximum atomic E-state index is 12.7. The number of benzene rings is 1. The number of carbonyl (C=O) groups excluding carboxylic acids is 1. The Hall–Kier alpha value is -2.79. The third kappa shape index (κ3) is 3.30. The number of aliphatic hydroxyl groups is 3. The molecule has 1 saturated heterocycles. The third-order valence-corrected chi connectivity index (χ3v) is 4.34. The van der Waals surface area contributed by atoms with E-state index in [9.17, 15) is 24.6 Å². The molecule has 1 aromatic heterocycles. The Balaban J connectivity index is 2.02. The first-order valence-corrected chi connectivity index (χ1v) is 8.04. The number of hydrogen-bond donors (Lipinski definition) is 3. The summed E-state index contributed by atoms with van der Waals surface area (Å²) < 4.78 is 11.5. The second-order valence-electron chi connectivity index (χ2n) is 5.94. The summed E-state index contributed by atoms with van der Waals surface area (Å²) in [7, 11) is 1.46. The molecule has 1 aliphatic heterocycles. The summed E-state index contributed by atoms with van der Waals surface area (Å²) >= 11 is 0. The zero-order chi connectivity index (χ0) is 19.7. The van der Waals surface area contributed by atoms with E-state index in [1.807, 2.05) is 0 Å². The molecule has 3 rings (SSSR count). The fraction of sp³-hybridized carbons (Fsp3) is 0.353. The summed E-state index contributed by atoms with van der Waals surface area (Å²) in [5, 5.41) is 29.1. The highest BCUT2D eigenvalue weighted by atomic mass is 16.6. The van der Waals surface area contributed by atoms with Gasteiger partial charge in [-0.15, -0.1) is 0 Å². The van der Waals surface area contributed by atoms with Crippen molar-refractivity contribution in [3.05, 3.63) is 62.9 Å². The average Bonchev–Trinajstić information content (AvgIpc) is 2.96. The van der Waals surface area contributed by atoms with Crippen molar-refractivity contribution in [3.63, 3.8) is 0 Å². The molecule has 1 aliphatic rings.